The molecule has 0 aromatic carbocycles. The Morgan fingerprint density at radius 1 is 1.71 bits per heavy atom. The lowest BCUT2D eigenvalue weighted by atomic mass is 10.1. The molecular formula is C9H13ClN2OS. The van der Waals surface area contributed by atoms with Crippen LogP contribution in [0.4, 0.5) is 0 Å². The molecule has 0 saturated carbocycles. The van der Waals surface area contributed by atoms with E-state index in [1.807, 2.05) is 13.8 Å². The number of carbonyl (C=O) groups excluding carboxylic acids is 1. The topological polar surface area (TPSA) is 55.1 Å². The lowest BCUT2D eigenvalue weighted by Gasteiger charge is -2.18. The maximum Gasteiger partial charge on any atom is 0.262 e. The number of thiophene rings is 1. The fourth-order valence-corrected chi connectivity index (χ4v) is 1.90. The van der Waals surface area contributed by atoms with Gasteiger partial charge in [-0.1, -0.05) is 11.6 Å². The standard InChI is InChI=1S/C9H13ClN2OS/c1-9(2,11)5-12-8(13)7-6(10)3-4-14-7/h3-4H,5,11H2,1-2H3,(H,12,13). The number of amides is 1. The van der Waals surface area contributed by atoms with Crippen LogP contribution in [-0.2, 0) is 0 Å². The van der Waals surface area contributed by atoms with Crippen molar-refractivity contribution in [3.8, 4) is 0 Å². The van der Waals surface area contributed by atoms with E-state index >= 15 is 0 Å². The van der Waals surface area contributed by atoms with E-state index in [-0.39, 0.29) is 5.91 Å². The number of hydrogen-bond donors (Lipinski definition) is 2. The zero-order chi connectivity index (χ0) is 10.8. The summed E-state index contributed by atoms with van der Waals surface area (Å²) in [5.74, 6) is -0.163. The van der Waals surface area contributed by atoms with Crippen LogP contribution in [0.25, 0.3) is 0 Å². The van der Waals surface area contributed by atoms with Crippen LogP contribution in [0.1, 0.15) is 23.5 Å². The molecular weight excluding hydrogens is 220 g/mol. The highest BCUT2D eigenvalue weighted by Gasteiger charge is 2.15. The van der Waals surface area contributed by atoms with Crippen molar-refractivity contribution >= 4 is 28.8 Å². The zero-order valence-electron chi connectivity index (χ0n) is 8.13. The van der Waals surface area contributed by atoms with Gasteiger partial charge in [-0.2, -0.15) is 0 Å². The molecule has 1 amide bonds. The molecule has 0 saturated heterocycles. The summed E-state index contributed by atoms with van der Waals surface area (Å²) in [4.78, 5) is 12.1. The van der Waals surface area contributed by atoms with E-state index in [1.54, 1.807) is 11.4 Å². The Kier molecular flexibility index (Phi) is 3.53. The predicted molar refractivity (Wildman–Crippen MR) is 59.9 cm³/mol. The molecule has 1 heterocycles. The van der Waals surface area contributed by atoms with Gasteiger partial charge in [-0.15, -0.1) is 11.3 Å². The van der Waals surface area contributed by atoms with Crippen LogP contribution >= 0.6 is 22.9 Å². The third kappa shape index (κ3) is 3.29. The summed E-state index contributed by atoms with van der Waals surface area (Å²) >= 11 is 7.13. The molecule has 1 aromatic rings. The van der Waals surface area contributed by atoms with E-state index in [9.17, 15) is 4.79 Å². The second kappa shape index (κ2) is 4.29. The van der Waals surface area contributed by atoms with Gasteiger partial charge in [0.2, 0.25) is 0 Å². The molecule has 5 heteroatoms. The molecule has 3 nitrogen and oxygen atoms in total. The lowest BCUT2D eigenvalue weighted by molar-refractivity contribution is 0.0950. The van der Waals surface area contributed by atoms with E-state index in [0.717, 1.165) is 0 Å². The first kappa shape index (κ1) is 11.5. The summed E-state index contributed by atoms with van der Waals surface area (Å²) in [6.07, 6.45) is 0. The van der Waals surface area contributed by atoms with Gasteiger partial charge in [0.15, 0.2) is 0 Å². The normalized spacial score (nSPS) is 11.4. The van der Waals surface area contributed by atoms with E-state index in [1.165, 1.54) is 11.3 Å². The monoisotopic (exact) mass is 232 g/mol. The number of nitrogens with one attached hydrogen (secondary N) is 1. The van der Waals surface area contributed by atoms with Gasteiger partial charge in [-0.3, -0.25) is 4.79 Å². The molecule has 0 fully saturated rings. The van der Waals surface area contributed by atoms with Crippen LogP contribution < -0.4 is 11.1 Å². The Morgan fingerprint density at radius 3 is 2.79 bits per heavy atom. The third-order valence-corrected chi connectivity index (χ3v) is 2.87. The molecule has 0 atom stereocenters. The van der Waals surface area contributed by atoms with Crippen LogP contribution in [-0.4, -0.2) is 18.0 Å². The summed E-state index contributed by atoms with van der Waals surface area (Å²) in [6, 6.07) is 1.70. The average Bonchev–Trinajstić information content (AvgIpc) is 2.46. The van der Waals surface area contributed by atoms with Crippen molar-refractivity contribution in [3.05, 3.63) is 21.3 Å². The summed E-state index contributed by atoms with van der Waals surface area (Å²) in [5.41, 5.74) is 5.33. The van der Waals surface area contributed by atoms with Gasteiger partial charge in [0.05, 0.1) is 5.02 Å². The maximum atomic E-state index is 11.5. The van der Waals surface area contributed by atoms with Crippen LogP contribution in [0.2, 0.25) is 5.02 Å². The minimum atomic E-state index is -0.403. The molecule has 0 aliphatic carbocycles. The van der Waals surface area contributed by atoms with Gasteiger partial charge < -0.3 is 11.1 Å². The molecule has 0 radical (unpaired) electrons. The van der Waals surface area contributed by atoms with Crippen molar-refractivity contribution in [3.63, 3.8) is 0 Å². The van der Waals surface area contributed by atoms with Crippen LogP contribution in [0, 0.1) is 0 Å². The number of halogens is 1. The largest absolute Gasteiger partial charge is 0.349 e. The van der Waals surface area contributed by atoms with E-state index < -0.39 is 5.54 Å². The first-order valence-electron chi connectivity index (χ1n) is 4.20. The summed E-state index contributed by atoms with van der Waals surface area (Å²) in [7, 11) is 0. The average molecular weight is 233 g/mol. The van der Waals surface area contributed by atoms with E-state index in [2.05, 4.69) is 5.32 Å². The summed E-state index contributed by atoms with van der Waals surface area (Å²) in [5, 5.41) is 5.00. The smallest absolute Gasteiger partial charge is 0.262 e. The molecule has 0 bridgehead atoms. The van der Waals surface area contributed by atoms with Gasteiger partial charge in [0.1, 0.15) is 4.88 Å². The van der Waals surface area contributed by atoms with Crippen molar-refractivity contribution in [2.75, 3.05) is 6.54 Å². The van der Waals surface area contributed by atoms with Gasteiger partial charge in [0, 0.05) is 12.1 Å². The quantitative estimate of drug-likeness (QED) is 0.836. The number of rotatable bonds is 3. The lowest BCUT2D eigenvalue weighted by Crippen LogP contribution is -2.44. The van der Waals surface area contributed by atoms with Crippen molar-refractivity contribution in [2.45, 2.75) is 19.4 Å². The first-order valence-corrected chi connectivity index (χ1v) is 5.46. The van der Waals surface area contributed by atoms with E-state index in [0.29, 0.717) is 16.4 Å². The first-order chi connectivity index (χ1) is 6.40. The second-order valence-corrected chi connectivity index (χ2v) is 5.09. The Labute approximate surface area is 92.3 Å². The van der Waals surface area contributed by atoms with Crippen molar-refractivity contribution in [1.82, 2.24) is 5.32 Å². The molecule has 0 unspecified atom stereocenters. The van der Waals surface area contributed by atoms with Gasteiger partial charge in [0.25, 0.3) is 5.91 Å². The summed E-state index contributed by atoms with van der Waals surface area (Å²) in [6.45, 7) is 4.13. The Morgan fingerprint density at radius 2 is 2.36 bits per heavy atom. The second-order valence-electron chi connectivity index (χ2n) is 3.77. The predicted octanol–water partition coefficient (Wildman–Crippen LogP) is 1.87. The summed E-state index contributed by atoms with van der Waals surface area (Å²) < 4.78 is 0. The molecule has 3 N–H and O–H groups in total. The van der Waals surface area contributed by atoms with Gasteiger partial charge >= 0.3 is 0 Å². The Bertz CT molecular complexity index is 330. The minimum Gasteiger partial charge on any atom is -0.349 e. The number of nitrogens with two attached hydrogens (primary N) is 1. The number of hydrogen-bond acceptors (Lipinski definition) is 3. The van der Waals surface area contributed by atoms with Crippen LogP contribution in [0.15, 0.2) is 11.4 Å². The fraction of sp³-hybridized carbons (Fsp3) is 0.444. The van der Waals surface area contributed by atoms with Crippen LogP contribution in [0.5, 0.6) is 0 Å². The molecule has 0 spiro atoms. The zero-order valence-corrected chi connectivity index (χ0v) is 9.71. The highest BCUT2D eigenvalue weighted by Crippen LogP contribution is 2.21. The molecule has 78 valence electrons. The molecule has 1 rings (SSSR count). The maximum absolute atomic E-state index is 11.5. The highest BCUT2D eigenvalue weighted by atomic mass is 35.5. The fourth-order valence-electron chi connectivity index (χ4n) is 0.844. The Hall–Kier alpha value is -0.580. The van der Waals surface area contributed by atoms with Gasteiger partial charge in [-0.25, -0.2) is 0 Å². The molecule has 0 aliphatic rings. The number of carbonyl (C=O) groups is 1. The van der Waals surface area contributed by atoms with Crippen molar-refractivity contribution in [1.29, 1.82) is 0 Å². The molecule has 0 aliphatic heterocycles. The van der Waals surface area contributed by atoms with Crippen molar-refractivity contribution in [2.24, 2.45) is 5.73 Å². The van der Waals surface area contributed by atoms with Gasteiger partial charge in [-0.05, 0) is 25.3 Å². The third-order valence-electron chi connectivity index (χ3n) is 1.53. The molecule has 1 aromatic heterocycles. The molecule has 14 heavy (non-hydrogen) atoms. The van der Waals surface area contributed by atoms with E-state index in [4.69, 9.17) is 17.3 Å². The van der Waals surface area contributed by atoms with Crippen molar-refractivity contribution < 1.29 is 4.79 Å². The Balaban J connectivity index is 2.56. The minimum absolute atomic E-state index is 0.163. The highest BCUT2D eigenvalue weighted by molar-refractivity contribution is 7.12. The SMILES string of the molecule is CC(C)(N)CNC(=O)c1sccc1Cl. The van der Waals surface area contributed by atoms with Crippen LogP contribution in [0.3, 0.4) is 0 Å².